The molecule has 1 fully saturated rings. The molecule has 3 aromatic rings. The minimum Gasteiger partial charge on any atom is -0.497 e. The summed E-state index contributed by atoms with van der Waals surface area (Å²) in [7, 11) is 1.67. The van der Waals surface area contributed by atoms with E-state index in [-0.39, 0.29) is 5.91 Å². The van der Waals surface area contributed by atoms with Gasteiger partial charge in [0.1, 0.15) is 5.75 Å². The first kappa shape index (κ1) is 20.4. The van der Waals surface area contributed by atoms with E-state index in [9.17, 15) is 4.79 Å². The highest BCUT2D eigenvalue weighted by Crippen LogP contribution is 2.25. The van der Waals surface area contributed by atoms with E-state index < -0.39 is 0 Å². The zero-order chi connectivity index (χ0) is 21.1. The Morgan fingerprint density at radius 1 is 1.00 bits per heavy atom. The second-order valence-electron chi connectivity index (χ2n) is 7.32. The highest BCUT2D eigenvalue weighted by atomic mass is 79.9. The van der Waals surface area contributed by atoms with Crippen molar-refractivity contribution in [1.29, 1.82) is 0 Å². The topological polar surface area (TPSA) is 45.7 Å². The number of piperazine rings is 1. The summed E-state index contributed by atoms with van der Waals surface area (Å²) < 4.78 is 6.33. The van der Waals surface area contributed by atoms with Crippen molar-refractivity contribution in [2.75, 3.05) is 38.2 Å². The molecule has 2 heterocycles. The summed E-state index contributed by atoms with van der Waals surface area (Å²) in [5.41, 5.74) is 4.44. The number of pyridine rings is 1. The Bertz CT molecular complexity index is 1060. The lowest BCUT2D eigenvalue weighted by Gasteiger charge is -2.36. The highest BCUT2D eigenvalue weighted by molar-refractivity contribution is 9.10. The molecule has 6 heteroatoms. The van der Waals surface area contributed by atoms with Gasteiger partial charge in [0.05, 0.1) is 24.1 Å². The number of hydrogen-bond donors (Lipinski definition) is 0. The molecule has 0 saturated carbocycles. The minimum atomic E-state index is 0.0473. The van der Waals surface area contributed by atoms with E-state index >= 15 is 0 Å². The molecule has 154 valence electrons. The quantitative estimate of drug-likeness (QED) is 0.555. The summed E-state index contributed by atoms with van der Waals surface area (Å²) in [6, 6.07) is 19.9. The summed E-state index contributed by atoms with van der Waals surface area (Å²) in [5, 5.41) is 0. The standard InChI is InChI=1S/C24H24BrN3O2/c1-17-22(9-10-23(26-17)18-5-3-6-19(25)15-18)24(29)28-13-11-27(12-14-28)20-7-4-8-21(16-20)30-2/h3-10,15-16H,11-14H2,1-2H3. The number of carbonyl (C=O) groups excluding carboxylic acids is 1. The first-order valence-electron chi connectivity index (χ1n) is 9.97. The van der Waals surface area contributed by atoms with Crippen LogP contribution in [0.1, 0.15) is 16.1 Å². The van der Waals surface area contributed by atoms with Gasteiger partial charge < -0.3 is 14.5 Å². The van der Waals surface area contributed by atoms with Gasteiger partial charge in [0, 0.05) is 48.0 Å². The third-order valence-corrected chi connectivity index (χ3v) is 5.92. The maximum absolute atomic E-state index is 13.1. The van der Waals surface area contributed by atoms with E-state index in [1.165, 1.54) is 0 Å². The molecule has 1 amide bonds. The van der Waals surface area contributed by atoms with Gasteiger partial charge in [0.2, 0.25) is 0 Å². The number of aromatic nitrogens is 1. The fourth-order valence-corrected chi connectivity index (χ4v) is 4.14. The van der Waals surface area contributed by atoms with Crippen LogP contribution in [0.5, 0.6) is 5.75 Å². The maximum atomic E-state index is 13.1. The van der Waals surface area contributed by atoms with E-state index in [1.54, 1.807) is 7.11 Å². The first-order chi connectivity index (χ1) is 14.5. The molecule has 2 aromatic carbocycles. The molecule has 1 aromatic heterocycles. The van der Waals surface area contributed by atoms with Crippen molar-refractivity contribution < 1.29 is 9.53 Å². The van der Waals surface area contributed by atoms with Crippen LogP contribution < -0.4 is 9.64 Å². The highest BCUT2D eigenvalue weighted by Gasteiger charge is 2.24. The summed E-state index contributed by atoms with van der Waals surface area (Å²) in [4.78, 5) is 22.0. The van der Waals surface area contributed by atoms with Crippen LogP contribution in [-0.2, 0) is 0 Å². The van der Waals surface area contributed by atoms with E-state index in [4.69, 9.17) is 4.74 Å². The van der Waals surface area contributed by atoms with Crippen molar-refractivity contribution in [3.8, 4) is 17.0 Å². The molecule has 4 rings (SSSR count). The molecule has 30 heavy (non-hydrogen) atoms. The van der Waals surface area contributed by atoms with E-state index in [0.29, 0.717) is 18.7 Å². The van der Waals surface area contributed by atoms with Gasteiger partial charge in [-0.3, -0.25) is 9.78 Å². The zero-order valence-corrected chi connectivity index (χ0v) is 18.7. The fraction of sp³-hybridized carbons (Fsp3) is 0.250. The van der Waals surface area contributed by atoms with E-state index in [1.807, 2.05) is 66.4 Å². The summed E-state index contributed by atoms with van der Waals surface area (Å²) >= 11 is 3.50. The number of methoxy groups -OCH3 is 1. The summed E-state index contributed by atoms with van der Waals surface area (Å²) in [5.74, 6) is 0.893. The number of anilines is 1. The predicted molar refractivity (Wildman–Crippen MR) is 123 cm³/mol. The van der Waals surface area contributed by atoms with Crippen LogP contribution in [0, 0.1) is 6.92 Å². The smallest absolute Gasteiger partial charge is 0.255 e. The lowest BCUT2D eigenvalue weighted by molar-refractivity contribution is 0.0745. The molecule has 1 aliphatic rings. The van der Waals surface area contributed by atoms with Crippen molar-refractivity contribution in [2.24, 2.45) is 0 Å². The van der Waals surface area contributed by atoms with Crippen LogP contribution in [0.25, 0.3) is 11.3 Å². The second kappa shape index (κ2) is 8.88. The number of aryl methyl sites for hydroxylation is 1. The Balaban J connectivity index is 1.45. The molecule has 0 atom stereocenters. The van der Waals surface area contributed by atoms with Crippen LogP contribution in [0.15, 0.2) is 65.1 Å². The Hall–Kier alpha value is -2.86. The third kappa shape index (κ3) is 4.33. The van der Waals surface area contributed by atoms with Gasteiger partial charge in [-0.2, -0.15) is 0 Å². The van der Waals surface area contributed by atoms with Crippen molar-refractivity contribution >= 4 is 27.5 Å². The van der Waals surface area contributed by atoms with Gasteiger partial charge in [0.25, 0.3) is 5.91 Å². The molecular formula is C24H24BrN3O2. The lowest BCUT2D eigenvalue weighted by atomic mass is 10.1. The molecule has 0 bridgehead atoms. The van der Waals surface area contributed by atoms with E-state index in [0.717, 1.165) is 46.0 Å². The Morgan fingerprint density at radius 2 is 1.77 bits per heavy atom. The van der Waals surface area contributed by atoms with Gasteiger partial charge in [-0.05, 0) is 43.3 Å². The average molecular weight is 466 g/mol. The fourth-order valence-electron chi connectivity index (χ4n) is 3.74. The number of nitrogens with zero attached hydrogens (tertiary/aromatic N) is 3. The number of amides is 1. The molecule has 1 saturated heterocycles. The molecule has 0 aliphatic carbocycles. The number of hydrogen-bond acceptors (Lipinski definition) is 4. The normalized spacial score (nSPS) is 14.0. The van der Waals surface area contributed by atoms with Crippen LogP contribution in [0.2, 0.25) is 0 Å². The van der Waals surface area contributed by atoms with Crippen LogP contribution in [-0.4, -0.2) is 49.1 Å². The molecule has 5 nitrogen and oxygen atoms in total. The lowest BCUT2D eigenvalue weighted by Crippen LogP contribution is -2.49. The Labute approximate surface area is 185 Å². The Kier molecular flexibility index (Phi) is 6.04. The largest absolute Gasteiger partial charge is 0.497 e. The molecule has 0 spiro atoms. The van der Waals surface area contributed by atoms with Crippen molar-refractivity contribution in [2.45, 2.75) is 6.92 Å². The number of ether oxygens (including phenoxy) is 1. The molecular weight excluding hydrogens is 442 g/mol. The number of benzene rings is 2. The maximum Gasteiger partial charge on any atom is 0.255 e. The number of rotatable bonds is 4. The minimum absolute atomic E-state index is 0.0473. The van der Waals surface area contributed by atoms with Crippen molar-refractivity contribution in [3.63, 3.8) is 0 Å². The van der Waals surface area contributed by atoms with Gasteiger partial charge in [0.15, 0.2) is 0 Å². The molecule has 1 aliphatic heterocycles. The second-order valence-corrected chi connectivity index (χ2v) is 8.24. The van der Waals surface area contributed by atoms with Crippen LogP contribution in [0.3, 0.4) is 0 Å². The van der Waals surface area contributed by atoms with Crippen molar-refractivity contribution in [3.05, 3.63) is 76.4 Å². The molecule has 0 N–H and O–H groups in total. The van der Waals surface area contributed by atoms with Crippen LogP contribution >= 0.6 is 15.9 Å². The van der Waals surface area contributed by atoms with Gasteiger partial charge in [-0.25, -0.2) is 0 Å². The van der Waals surface area contributed by atoms with Gasteiger partial charge in [-0.1, -0.05) is 34.1 Å². The number of carbonyl (C=O) groups is 1. The monoisotopic (exact) mass is 465 g/mol. The van der Waals surface area contributed by atoms with Crippen LogP contribution in [0.4, 0.5) is 5.69 Å². The Morgan fingerprint density at radius 3 is 2.47 bits per heavy atom. The average Bonchev–Trinajstić information content (AvgIpc) is 2.79. The number of halogens is 1. The summed E-state index contributed by atoms with van der Waals surface area (Å²) in [6.07, 6.45) is 0. The molecule has 0 unspecified atom stereocenters. The van der Waals surface area contributed by atoms with Gasteiger partial charge >= 0.3 is 0 Å². The summed E-state index contributed by atoms with van der Waals surface area (Å²) in [6.45, 7) is 4.86. The first-order valence-corrected chi connectivity index (χ1v) is 10.8. The molecule has 0 radical (unpaired) electrons. The predicted octanol–water partition coefficient (Wildman–Crippen LogP) is 4.79. The van der Waals surface area contributed by atoms with Crippen molar-refractivity contribution in [1.82, 2.24) is 9.88 Å². The van der Waals surface area contributed by atoms with E-state index in [2.05, 4.69) is 31.9 Å². The van der Waals surface area contributed by atoms with Gasteiger partial charge in [-0.15, -0.1) is 0 Å². The third-order valence-electron chi connectivity index (χ3n) is 5.42. The zero-order valence-electron chi connectivity index (χ0n) is 17.1. The SMILES string of the molecule is COc1cccc(N2CCN(C(=O)c3ccc(-c4cccc(Br)c4)nc3C)CC2)c1.